The Kier molecular flexibility index (Phi) is 2.34. The Labute approximate surface area is 108 Å². The summed E-state index contributed by atoms with van der Waals surface area (Å²) in [7, 11) is 1.68. The SMILES string of the molecule is Cn1nccc1C(=O)N1CCC2(C1)NC(=O)NC2=O. The summed E-state index contributed by atoms with van der Waals surface area (Å²) in [6, 6.07) is 1.13. The molecule has 2 saturated heterocycles. The predicted octanol–water partition coefficient (Wildman–Crippen LogP) is -1.16. The lowest BCUT2D eigenvalue weighted by Crippen LogP contribution is -2.49. The molecule has 3 rings (SSSR count). The molecule has 2 N–H and O–H groups in total. The van der Waals surface area contributed by atoms with Gasteiger partial charge in [-0.1, -0.05) is 0 Å². The van der Waals surface area contributed by atoms with E-state index in [9.17, 15) is 14.4 Å². The molecule has 8 nitrogen and oxygen atoms in total. The highest BCUT2D eigenvalue weighted by Crippen LogP contribution is 2.25. The van der Waals surface area contributed by atoms with Gasteiger partial charge >= 0.3 is 6.03 Å². The molecule has 0 aromatic carbocycles. The van der Waals surface area contributed by atoms with E-state index in [0.717, 1.165) is 0 Å². The average molecular weight is 263 g/mol. The van der Waals surface area contributed by atoms with Crippen LogP contribution in [-0.2, 0) is 11.8 Å². The Bertz CT molecular complexity index is 581. The minimum atomic E-state index is -0.967. The molecule has 1 aromatic rings. The Morgan fingerprint density at radius 3 is 2.84 bits per heavy atom. The molecule has 3 heterocycles. The third-order valence-corrected chi connectivity index (χ3v) is 3.61. The summed E-state index contributed by atoms with van der Waals surface area (Å²) in [6.07, 6.45) is 1.97. The zero-order valence-electron chi connectivity index (χ0n) is 10.3. The molecule has 2 fully saturated rings. The molecule has 19 heavy (non-hydrogen) atoms. The molecule has 0 bridgehead atoms. The van der Waals surface area contributed by atoms with Gasteiger partial charge in [0.25, 0.3) is 11.8 Å². The first-order chi connectivity index (χ1) is 9.02. The standard InChI is InChI=1S/C11H13N5O3/c1-15-7(2-4-12-15)8(17)16-5-3-11(6-16)9(18)13-10(19)14-11/h2,4H,3,5-6H2,1H3,(H2,13,14,18,19). The number of carbonyl (C=O) groups is 3. The smallest absolute Gasteiger partial charge is 0.322 e. The second-order valence-corrected chi connectivity index (χ2v) is 4.81. The number of amides is 4. The lowest BCUT2D eigenvalue weighted by Gasteiger charge is -2.21. The Hall–Kier alpha value is -2.38. The molecule has 100 valence electrons. The van der Waals surface area contributed by atoms with Gasteiger partial charge in [0, 0.05) is 19.8 Å². The zero-order valence-corrected chi connectivity index (χ0v) is 10.3. The molecule has 1 atom stereocenters. The van der Waals surface area contributed by atoms with E-state index in [0.29, 0.717) is 18.7 Å². The number of carbonyl (C=O) groups excluding carboxylic acids is 3. The summed E-state index contributed by atoms with van der Waals surface area (Å²) < 4.78 is 1.49. The van der Waals surface area contributed by atoms with Crippen LogP contribution in [0.25, 0.3) is 0 Å². The fraction of sp³-hybridized carbons (Fsp3) is 0.455. The molecular weight excluding hydrogens is 250 g/mol. The van der Waals surface area contributed by atoms with Crippen molar-refractivity contribution in [2.45, 2.75) is 12.0 Å². The topological polar surface area (TPSA) is 96.3 Å². The number of aromatic nitrogens is 2. The highest BCUT2D eigenvalue weighted by Gasteiger charge is 2.51. The summed E-state index contributed by atoms with van der Waals surface area (Å²) in [5.41, 5.74) is -0.507. The molecule has 1 unspecified atom stereocenters. The molecule has 2 aliphatic heterocycles. The number of urea groups is 1. The van der Waals surface area contributed by atoms with Crippen molar-refractivity contribution in [2.75, 3.05) is 13.1 Å². The van der Waals surface area contributed by atoms with Crippen molar-refractivity contribution in [3.8, 4) is 0 Å². The number of hydrogen-bond donors (Lipinski definition) is 2. The predicted molar refractivity (Wildman–Crippen MR) is 63.1 cm³/mol. The van der Waals surface area contributed by atoms with Crippen LogP contribution in [0.5, 0.6) is 0 Å². The number of nitrogens with zero attached hydrogens (tertiary/aromatic N) is 3. The lowest BCUT2D eigenvalue weighted by atomic mass is 10.00. The minimum absolute atomic E-state index is 0.189. The molecule has 2 aliphatic rings. The number of nitrogens with one attached hydrogen (secondary N) is 2. The van der Waals surface area contributed by atoms with Crippen LogP contribution in [-0.4, -0.2) is 51.2 Å². The van der Waals surface area contributed by atoms with E-state index in [4.69, 9.17) is 0 Å². The van der Waals surface area contributed by atoms with E-state index < -0.39 is 11.6 Å². The summed E-state index contributed by atoms with van der Waals surface area (Å²) in [4.78, 5) is 36.8. The normalized spacial score (nSPS) is 25.8. The van der Waals surface area contributed by atoms with Crippen LogP contribution < -0.4 is 10.6 Å². The monoisotopic (exact) mass is 263 g/mol. The van der Waals surface area contributed by atoms with Gasteiger partial charge in [0.2, 0.25) is 0 Å². The summed E-state index contributed by atoms with van der Waals surface area (Å²) in [6.45, 7) is 0.617. The van der Waals surface area contributed by atoms with Gasteiger partial charge in [-0.3, -0.25) is 19.6 Å². The Morgan fingerprint density at radius 2 is 2.26 bits per heavy atom. The first-order valence-corrected chi connectivity index (χ1v) is 5.93. The number of hydrogen-bond acceptors (Lipinski definition) is 4. The van der Waals surface area contributed by atoms with Crippen LogP contribution in [0, 0.1) is 0 Å². The first kappa shape index (κ1) is 11.7. The third-order valence-electron chi connectivity index (χ3n) is 3.61. The molecule has 0 aliphatic carbocycles. The van der Waals surface area contributed by atoms with Gasteiger partial charge in [0.1, 0.15) is 11.2 Å². The maximum atomic E-state index is 12.3. The van der Waals surface area contributed by atoms with Crippen LogP contribution >= 0.6 is 0 Å². The quantitative estimate of drug-likeness (QED) is 0.625. The van der Waals surface area contributed by atoms with Gasteiger partial charge in [-0.15, -0.1) is 0 Å². The highest BCUT2D eigenvalue weighted by atomic mass is 16.2. The van der Waals surface area contributed by atoms with Crippen LogP contribution in [0.4, 0.5) is 4.79 Å². The largest absolute Gasteiger partial charge is 0.334 e. The van der Waals surface area contributed by atoms with Crippen molar-refractivity contribution < 1.29 is 14.4 Å². The van der Waals surface area contributed by atoms with Crippen molar-refractivity contribution in [1.29, 1.82) is 0 Å². The molecular formula is C11H13N5O3. The third kappa shape index (κ3) is 1.67. The van der Waals surface area contributed by atoms with Crippen LogP contribution in [0.15, 0.2) is 12.3 Å². The maximum Gasteiger partial charge on any atom is 0.322 e. The van der Waals surface area contributed by atoms with E-state index in [1.807, 2.05) is 0 Å². The van der Waals surface area contributed by atoms with E-state index in [1.54, 1.807) is 24.2 Å². The van der Waals surface area contributed by atoms with Gasteiger partial charge in [0.15, 0.2) is 0 Å². The molecule has 0 saturated carbocycles. The number of likely N-dealkylation sites (tertiary alicyclic amines) is 1. The van der Waals surface area contributed by atoms with Crippen molar-refractivity contribution >= 4 is 17.8 Å². The summed E-state index contributed by atoms with van der Waals surface area (Å²) in [5.74, 6) is -0.552. The van der Waals surface area contributed by atoms with Crippen molar-refractivity contribution in [1.82, 2.24) is 25.3 Å². The highest BCUT2D eigenvalue weighted by molar-refractivity contribution is 6.08. The average Bonchev–Trinajstić information content (AvgIpc) is 3.01. The minimum Gasteiger partial charge on any atom is -0.334 e. The van der Waals surface area contributed by atoms with Crippen molar-refractivity contribution in [3.05, 3.63) is 18.0 Å². The molecule has 1 aromatic heterocycles. The van der Waals surface area contributed by atoms with Crippen molar-refractivity contribution in [2.24, 2.45) is 7.05 Å². The second-order valence-electron chi connectivity index (χ2n) is 4.81. The maximum absolute atomic E-state index is 12.3. The Balaban J connectivity index is 1.80. The van der Waals surface area contributed by atoms with Crippen molar-refractivity contribution in [3.63, 3.8) is 0 Å². The van der Waals surface area contributed by atoms with Crippen LogP contribution in [0.2, 0.25) is 0 Å². The molecule has 4 amide bonds. The van der Waals surface area contributed by atoms with Gasteiger partial charge < -0.3 is 10.2 Å². The van der Waals surface area contributed by atoms with Gasteiger partial charge in [0.05, 0.1) is 6.54 Å². The molecule has 8 heteroatoms. The van der Waals surface area contributed by atoms with E-state index >= 15 is 0 Å². The fourth-order valence-corrected chi connectivity index (χ4v) is 2.54. The lowest BCUT2D eigenvalue weighted by molar-refractivity contribution is -0.123. The first-order valence-electron chi connectivity index (χ1n) is 5.93. The number of imide groups is 1. The van der Waals surface area contributed by atoms with Gasteiger partial charge in [-0.2, -0.15) is 5.10 Å². The fourth-order valence-electron chi connectivity index (χ4n) is 2.54. The van der Waals surface area contributed by atoms with Gasteiger partial charge in [-0.05, 0) is 12.5 Å². The second kappa shape index (κ2) is 3.81. The van der Waals surface area contributed by atoms with Crippen LogP contribution in [0.3, 0.4) is 0 Å². The zero-order chi connectivity index (χ0) is 13.6. The Morgan fingerprint density at radius 1 is 1.47 bits per heavy atom. The number of rotatable bonds is 1. The van der Waals surface area contributed by atoms with E-state index in [-0.39, 0.29) is 18.4 Å². The molecule has 1 spiro atoms. The van der Waals surface area contributed by atoms with E-state index in [2.05, 4.69) is 15.7 Å². The van der Waals surface area contributed by atoms with E-state index in [1.165, 1.54) is 4.68 Å². The molecule has 0 radical (unpaired) electrons. The summed E-state index contributed by atoms with van der Waals surface area (Å²) in [5, 5.41) is 8.76. The number of aryl methyl sites for hydroxylation is 1. The summed E-state index contributed by atoms with van der Waals surface area (Å²) >= 11 is 0. The van der Waals surface area contributed by atoms with Gasteiger partial charge in [-0.25, -0.2) is 4.79 Å². The van der Waals surface area contributed by atoms with Crippen LogP contribution in [0.1, 0.15) is 16.9 Å².